The van der Waals surface area contributed by atoms with Crippen LogP contribution in [0, 0.1) is 11.8 Å². The summed E-state index contributed by atoms with van der Waals surface area (Å²) in [7, 11) is 0. The van der Waals surface area contributed by atoms with E-state index in [-0.39, 0.29) is 0 Å². The van der Waals surface area contributed by atoms with Crippen LogP contribution in [0.4, 0.5) is 0 Å². The summed E-state index contributed by atoms with van der Waals surface area (Å²) in [6, 6.07) is 2.13. The summed E-state index contributed by atoms with van der Waals surface area (Å²) < 4.78 is 2.12. The molecule has 1 heterocycles. The van der Waals surface area contributed by atoms with Gasteiger partial charge in [0.25, 0.3) is 0 Å². The van der Waals surface area contributed by atoms with Crippen molar-refractivity contribution in [2.45, 2.75) is 65.5 Å². The van der Waals surface area contributed by atoms with Gasteiger partial charge in [-0.3, -0.25) is 4.68 Å². The number of hydrogen-bond acceptors (Lipinski definition) is 2. The maximum absolute atomic E-state index is 4.36. The van der Waals surface area contributed by atoms with Crippen LogP contribution < -0.4 is 5.32 Å². The van der Waals surface area contributed by atoms with Crippen molar-refractivity contribution in [1.82, 2.24) is 15.1 Å². The zero-order chi connectivity index (χ0) is 13.5. The molecule has 1 aliphatic rings. The lowest BCUT2D eigenvalue weighted by molar-refractivity contribution is 0.267. The summed E-state index contributed by atoms with van der Waals surface area (Å²) >= 11 is 0. The normalized spacial score (nSPS) is 23.7. The van der Waals surface area contributed by atoms with E-state index in [4.69, 9.17) is 0 Å². The third-order valence-corrected chi connectivity index (χ3v) is 4.32. The molecule has 1 N–H and O–H groups in total. The zero-order valence-corrected chi connectivity index (χ0v) is 12.6. The number of nitrogens with one attached hydrogen (secondary N) is 1. The average molecular weight is 263 g/mol. The Hall–Kier alpha value is -0.830. The van der Waals surface area contributed by atoms with Crippen molar-refractivity contribution < 1.29 is 0 Å². The molecule has 1 fully saturated rings. The van der Waals surface area contributed by atoms with Gasteiger partial charge in [0.05, 0.1) is 5.69 Å². The molecule has 0 saturated heterocycles. The molecule has 2 atom stereocenters. The van der Waals surface area contributed by atoms with Crippen LogP contribution in [0.5, 0.6) is 0 Å². The summed E-state index contributed by atoms with van der Waals surface area (Å²) in [5.41, 5.74) is 1.32. The van der Waals surface area contributed by atoms with Crippen molar-refractivity contribution in [2.24, 2.45) is 11.8 Å². The molecule has 1 aromatic rings. The summed E-state index contributed by atoms with van der Waals surface area (Å²) in [4.78, 5) is 0. The van der Waals surface area contributed by atoms with E-state index in [0.29, 0.717) is 0 Å². The van der Waals surface area contributed by atoms with E-state index >= 15 is 0 Å². The first kappa shape index (κ1) is 14.6. The van der Waals surface area contributed by atoms with Crippen LogP contribution in [0.1, 0.15) is 58.1 Å². The first-order valence-corrected chi connectivity index (χ1v) is 8.01. The molecule has 0 spiro atoms. The topological polar surface area (TPSA) is 29.9 Å². The Morgan fingerprint density at radius 2 is 2.32 bits per heavy atom. The molecule has 19 heavy (non-hydrogen) atoms. The van der Waals surface area contributed by atoms with Crippen LogP contribution in [-0.4, -0.2) is 16.3 Å². The molecule has 0 radical (unpaired) electrons. The first-order valence-electron chi connectivity index (χ1n) is 8.01. The third-order valence-electron chi connectivity index (χ3n) is 4.32. The van der Waals surface area contributed by atoms with Gasteiger partial charge in [0.1, 0.15) is 0 Å². The maximum Gasteiger partial charge on any atom is 0.0522 e. The Bertz CT molecular complexity index is 359. The fraction of sp³-hybridized carbons (Fsp3) is 0.812. The molecule has 1 aliphatic carbocycles. The van der Waals surface area contributed by atoms with Crippen molar-refractivity contribution in [3.8, 4) is 0 Å². The Morgan fingerprint density at radius 3 is 3.11 bits per heavy atom. The molecule has 1 aromatic heterocycles. The minimum Gasteiger partial charge on any atom is -0.311 e. The van der Waals surface area contributed by atoms with E-state index in [1.165, 1.54) is 37.8 Å². The summed E-state index contributed by atoms with van der Waals surface area (Å²) in [6.45, 7) is 7.74. The Kier molecular flexibility index (Phi) is 5.90. The highest BCUT2D eigenvalue weighted by Gasteiger charge is 2.18. The highest BCUT2D eigenvalue weighted by atomic mass is 15.3. The Labute approximate surface area is 117 Å². The zero-order valence-electron chi connectivity index (χ0n) is 12.6. The number of aromatic nitrogens is 2. The van der Waals surface area contributed by atoms with Gasteiger partial charge < -0.3 is 5.32 Å². The summed E-state index contributed by atoms with van der Waals surface area (Å²) in [5.74, 6) is 1.90. The van der Waals surface area contributed by atoms with Gasteiger partial charge in [-0.1, -0.05) is 33.1 Å². The number of aryl methyl sites for hydroxylation is 1. The molecule has 108 valence electrons. The van der Waals surface area contributed by atoms with Gasteiger partial charge in [-0.05, 0) is 43.7 Å². The second-order valence-corrected chi connectivity index (χ2v) is 6.15. The van der Waals surface area contributed by atoms with E-state index in [9.17, 15) is 0 Å². The van der Waals surface area contributed by atoms with E-state index < -0.39 is 0 Å². The fourth-order valence-electron chi connectivity index (χ4n) is 3.27. The summed E-state index contributed by atoms with van der Waals surface area (Å²) in [5, 5.41) is 7.95. The van der Waals surface area contributed by atoms with Crippen molar-refractivity contribution >= 4 is 0 Å². The van der Waals surface area contributed by atoms with Crippen molar-refractivity contribution in [1.29, 1.82) is 0 Å². The van der Waals surface area contributed by atoms with Gasteiger partial charge in [-0.15, -0.1) is 0 Å². The van der Waals surface area contributed by atoms with Crippen molar-refractivity contribution in [2.75, 3.05) is 6.54 Å². The van der Waals surface area contributed by atoms with Crippen LogP contribution in [0.2, 0.25) is 0 Å². The van der Waals surface area contributed by atoms with Crippen LogP contribution in [-0.2, 0) is 13.1 Å². The van der Waals surface area contributed by atoms with Crippen LogP contribution in [0.25, 0.3) is 0 Å². The van der Waals surface area contributed by atoms with E-state index in [1.54, 1.807) is 0 Å². The lowest BCUT2D eigenvalue weighted by atomic mass is 9.81. The van der Waals surface area contributed by atoms with Gasteiger partial charge in [-0.2, -0.15) is 5.10 Å². The SMILES string of the molecule is CCCn1nccc1CNCCC1CCCC(C)C1. The van der Waals surface area contributed by atoms with Gasteiger partial charge in [0.2, 0.25) is 0 Å². The van der Waals surface area contributed by atoms with Crippen molar-refractivity contribution in [3.05, 3.63) is 18.0 Å². The molecule has 0 aromatic carbocycles. The minimum atomic E-state index is 0.949. The van der Waals surface area contributed by atoms with Crippen LogP contribution in [0.15, 0.2) is 12.3 Å². The van der Waals surface area contributed by atoms with Gasteiger partial charge >= 0.3 is 0 Å². The van der Waals surface area contributed by atoms with Crippen LogP contribution in [0.3, 0.4) is 0 Å². The molecule has 0 aliphatic heterocycles. The Balaban J connectivity index is 1.64. The molecule has 0 amide bonds. The van der Waals surface area contributed by atoms with Crippen LogP contribution >= 0.6 is 0 Å². The molecule has 3 nitrogen and oxygen atoms in total. The molecular weight excluding hydrogens is 234 g/mol. The minimum absolute atomic E-state index is 0.949. The predicted octanol–water partition coefficient (Wildman–Crippen LogP) is 3.60. The Morgan fingerprint density at radius 1 is 1.42 bits per heavy atom. The standard InChI is InChI=1S/C16H29N3/c1-3-11-19-16(8-10-18-19)13-17-9-7-15-6-4-5-14(2)12-15/h8,10,14-15,17H,3-7,9,11-13H2,1-2H3. The van der Waals surface area contributed by atoms with Gasteiger partial charge in [-0.25, -0.2) is 0 Å². The molecule has 3 heteroatoms. The first-order chi connectivity index (χ1) is 9.29. The second-order valence-electron chi connectivity index (χ2n) is 6.15. The van der Waals surface area contributed by atoms with Gasteiger partial charge in [0.15, 0.2) is 0 Å². The van der Waals surface area contributed by atoms with E-state index in [1.807, 2.05) is 6.20 Å². The highest BCUT2D eigenvalue weighted by molar-refractivity contribution is 4.99. The third kappa shape index (κ3) is 4.64. The number of rotatable bonds is 7. The lowest BCUT2D eigenvalue weighted by Gasteiger charge is -2.26. The van der Waals surface area contributed by atoms with Gasteiger partial charge in [0, 0.05) is 19.3 Å². The molecule has 2 unspecified atom stereocenters. The van der Waals surface area contributed by atoms with E-state index in [0.717, 1.165) is 37.9 Å². The maximum atomic E-state index is 4.36. The quantitative estimate of drug-likeness (QED) is 0.762. The summed E-state index contributed by atoms with van der Waals surface area (Å²) in [6.07, 6.45) is 10.2. The van der Waals surface area contributed by atoms with Crippen molar-refractivity contribution in [3.63, 3.8) is 0 Å². The highest BCUT2D eigenvalue weighted by Crippen LogP contribution is 2.30. The average Bonchev–Trinajstić information content (AvgIpc) is 2.83. The monoisotopic (exact) mass is 263 g/mol. The second kappa shape index (κ2) is 7.68. The fourth-order valence-corrected chi connectivity index (χ4v) is 3.27. The number of hydrogen-bond donors (Lipinski definition) is 1. The van der Waals surface area contributed by atoms with E-state index in [2.05, 4.69) is 35.0 Å². The number of nitrogens with zero attached hydrogens (tertiary/aromatic N) is 2. The smallest absolute Gasteiger partial charge is 0.0522 e. The molecule has 1 saturated carbocycles. The molecule has 2 rings (SSSR count). The lowest BCUT2D eigenvalue weighted by Crippen LogP contribution is -2.22. The molecular formula is C16H29N3. The predicted molar refractivity (Wildman–Crippen MR) is 80.0 cm³/mol. The molecule has 0 bridgehead atoms. The largest absolute Gasteiger partial charge is 0.311 e.